The molecule has 1 N–H and O–H groups in total. The fourth-order valence-electron chi connectivity index (χ4n) is 2.78. The average molecular weight is 315 g/mol. The molecule has 1 unspecified atom stereocenters. The van der Waals surface area contributed by atoms with Crippen molar-refractivity contribution in [2.45, 2.75) is 30.9 Å². The van der Waals surface area contributed by atoms with Gasteiger partial charge in [-0.25, -0.2) is 4.39 Å². The fraction of sp³-hybridized carbons (Fsp3) is 0.278. The van der Waals surface area contributed by atoms with Crippen LogP contribution in [0.25, 0.3) is 0 Å². The van der Waals surface area contributed by atoms with Crippen LogP contribution in [0.5, 0.6) is 0 Å². The number of nitrogens with one attached hydrogen (secondary N) is 1. The average Bonchev–Trinajstić information content (AvgIpc) is 2.75. The maximum Gasteiger partial charge on any atom is 0.232 e. The third-order valence-electron chi connectivity index (χ3n) is 4.06. The second kappa shape index (κ2) is 5.43. The summed E-state index contributed by atoms with van der Waals surface area (Å²) in [6.45, 7) is 4.07. The highest BCUT2D eigenvalue weighted by molar-refractivity contribution is 7.81. The first-order valence-corrected chi connectivity index (χ1v) is 7.71. The highest BCUT2D eigenvalue weighted by atomic mass is 32.1. The standard InChI is InChI=1S/C18H18FNOS/c1-18(2,22)12-5-3-11(4-6-12)9-15-14-10-13(19)7-8-16(14)20-17(15)21/h3-8,10,15,22H,9H2,1-2H3,(H,20,21). The summed E-state index contributed by atoms with van der Waals surface area (Å²) in [5.41, 5.74) is 3.63. The highest BCUT2D eigenvalue weighted by Crippen LogP contribution is 2.35. The predicted octanol–water partition coefficient (Wildman–Crippen LogP) is 4.27. The van der Waals surface area contributed by atoms with Crippen LogP contribution in [-0.2, 0) is 16.0 Å². The normalized spacial score (nSPS) is 17.3. The summed E-state index contributed by atoms with van der Waals surface area (Å²) in [5, 5.41) is 2.81. The molecule has 0 saturated heterocycles. The minimum absolute atomic E-state index is 0.0702. The van der Waals surface area contributed by atoms with Crippen molar-refractivity contribution in [2.75, 3.05) is 5.32 Å². The van der Waals surface area contributed by atoms with Crippen LogP contribution in [-0.4, -0.2) is 5.91 Å². The molecule has 2 nitrogen and oxygen atoms in total. The number of thiol groups is 1. The predicted molar refractivity (Wildman–Crippen MR) is 89.9 cm³/mol. The molecular weight excluding hydrogens is 297 g/mol. The van der Waals surface area contributed by atoms with Crippen LogP contribution < -0.4 is 5.32 Å². The SMILES string of the molecule is CC(C)(S)c1ccc(CC2C(=O)Nc3ccc(F)cc32)cc1. The van der Waals surface area contributed by atoms with Crippen molar-refractivity contribution in [1.82, 2.24) is 0 Å². The quantitative estimate of drug-likeness (QED) is 0.814. The maximum absolute atomic E-state index is 13.4. The van der Waals surface area contributed by atoms with Gasteiger partial charge in [0, 0.05) is 10.4 Å². The van der Waals surface area contributed by atoms with Crippen LogP contribution in [0.1, 0.15) is 36.5 Å². The van der Waals surface area contributed by atoms with E-state index in [1.54, 1.807) is 6.07 Å². The number of benzene rings is 2. The minimum Gasteiger partial charge on any atom is -0.325 e. The van der Waals surface area contributed by atoms with Crippen molar-refractivity contribution >= 4 is 24.2 Å². The number of fused-ring (bicyclic) bond motifs is 1. The van der Waals surface area contributed by atoms with Crippen molar-refractivity contribution in [3.63, 3.8) is 0 Å². The molecular formula is C18H18FNOS. The number of halogens is 1. The molecule has 0 fully saturated rings. The largest absolute Gasteiger partial charge is 0.325 e. The smallest absolute Gasteiger partial charge is 0.232 e. The zero-order chi connectivity index (χ0) is 15.9. The van der Waals surface area contributed by atoms with Gasteiger partial charge in [0.05, 0.1) is 5.92 Å². The van der Waals surface area contributed by atoms with Crippen molar-refractivity contribution in [1.29, 1.82) is 0 Å². The molecule has 1 aliphatic rings. The molecule has 0 aliphatic carbocycles. The molecule has 1 atom stereocenters. The van der Waals surface area contributed by atoms with E-state index >= 15 is 0 Å². The molecule has 2 aromatic rings. The number of carbonyl (C=O) groups is 1. The topological polar surface area (TPSA) is 29.1 Å². The van der Waals surface area contributed by atoms with E-state index < -0.39 is 0 Å². The van der Waals surface area contributed by atoms with E-state index in [2.05, 4.69) is 17.9 Å². The van der Waals surface area contributed by atoms with Crippen molar-refractivity contribution in [3.8, 4) is 0 Å². The molecule has 4 heteroatoms. The molecule has 0 radical (unpaired) electrons. The Bertz CT molecular complexity index is 719. The van der Waals surface area contributed by atoms with E-state index in [1.165, 1.54) is 12.1 Å². The molecule has 1 aliphatic heterocycles. The van der Waals surface area contributed by atoms with Gasteiger partial charge in [0.25, 0.3) is 0 Å². The third kappa shape index (κ3) is 2.88. The molecule has 0 spiro atoms. The van der Waals surface area contributed by atoms with Gasteiger partial charge in [-0.1, -0.05) is 24.3 Å². The first kappa shape index (κ1) is 15.1. The Morgan fingerprint density at radius 3 is 2.50 bits per heavy atom. The van der Waals surface area contributed by atoms with Crippen molar-refractivity contribution in [2.24, 2.45) is 0 Å². The Labute approximate surface area is 135 Å². The van der Waals surface area contributed by atoms with Gasteiger partial charge in [-0.3, -0.25) is 4.79 Å². The van der Waals surface area contributed by atoms with E-state index in [-0.39, 0.29) is 22.4 Å². The third-order valence-corrected chi connectivity index (χ3v) is 4.32. The molecule has 0 bridgehead atoms. The molecule has 0 aromatic heterocycles. The van der Waals surface area contributed by atoms with Gasteiger partial charge >= 0.3 is 0 Å². The second-order valence-corrected chi connectivity index (χ2v) is 7.35. The van der Waals surface area contributed by atoms with Crippen molar-refractivity contribution in [3.05, 3.63) is 65.0 Å². The minimum atomic E-state index is -0.333. The molecule has 22 heavy (non-hydrogen) atoms. The summed E-state index contributed by atoms with van der Waals surface area (Å²) < 4.78 is 13.2. The van der Waals surface area contributed by atoms with E-state index in [0.29, 0.717) is 12.1 Å². The number of hydrogen-bond acceptors (Lipinski definition) is 2. The summed E-state index contributed by atoms with van der Waals surface area (Å²) in [6.07, 6.45) is 0.565. The lowest BCUT2D eigenvalue weighted by Crippen LogP contribution is -2.14. The maximum atomic E-state index is 13.4. The van der Waals surface area contributed by atoms with Crippen LogP contribution >= 0.6 is 12.6 Å². The summed E-state index contributed by atoms with van der Waals surface area (Å²) >= 11 is 4.55. The Morgan fingerprint density at radius 1 is 1.18 bits per heavy atom. The number of carbonyl (C=O) groups excluding carboxylic acids is 1. The Hall–Kier alpha value is -1.81. The van der Waals surface area contributed by atoms with E-state index in [4.69, 9.17) is 0 Å². The van der Waals surface area contributed by atoms with Crippen LogP contribution in [0.15, 0.2) is 42.5 Å². The number of rotatable bonds is 3. The number of hydrogen-bond donors (Lipinski definition) is 2. The zero-order valence-corrected chi connectivity index (χ0v) is 13.5. The summed E-state index contributed by atoms with van der Waals surface area (Å²) in [7, 11) is 0. The van der Waals surface area contributed by atoms with Gasteiger partial charge in [0.15, 0.2) is 0 Å². The Kier molecular flexibility index (Phi) is 3.73. The Balaban J connectivity index is 1.85. The molecule has 0 saturated carbocycles. The zero-order valence-electron chi connectivity index (χ0n) is 12.6. The first-order chi connectivity index (χ1) is 10.3. The van der Waals surface area contributed by atoms with E-state index in [9.17, 15) is 9.18 Å². The van der Waals surface area contributed by atoms with Gasteiger partial charge < -0.3 is 5.32 Å². The first-order valence-electron chi connectivity index (χ1n) is 7.27. The number of amides is 1. The van der Waals surface area contributed by atoms with Gasteiger partial charge in [-0.2, -0.15) is 12.6 Å². The lowest BCUT2D eigenvalue weighted by Gasteiger charge is -2.18. The van der Waals surface area contributed by atoms with Gasteiger partial charge in [-0.05, 0) is 55.2 Å². The van der Waals surface area contributed by atoms with Gasteiger partial charge in [0.1, 0.15) is 5.82 Å². The molecule has 1 heterocycles. The van der Waals surface area contributed by atoms with Gasteiger partial charge in [-0.15, -0.1) is 0 Å². The second-order valence-electron chi connectivity index (χ2n) is 6.23. The molecule has 1 amide bonds. The monoisotopic (exact) mass is 315 g/mol. The summed E-state index contributed by atoms with van der Waals surface area (Å²) in [6, 6.07) is 12.5. The molecule has 3 rings (SSSR count). The highest BCUT2D eigenvalue weighted by Gasteiger charge is 2.30. The summed E-state index contributed by atoms with van der Waals surface area (Å²) in [5.74, 6) is -0.716. The molecule has 2 aromatic carbocycles. The van der Waals surface area contributed by atoms with Gasteiger partial charge in [0.2, 0.25) is 5.91 Å². The van der Waals surface area contributed by atoms with E-state index in [1.807, 2.05) is 38.1 Å². The van der Waals surface area contributed by atoms with Crippen LogP contribution in [0.2, 0.25) is 0 Å². The van der Waals surface area contributed by atoms with Crippen LogP contribution in [0.4, 0.5) is 10.1 Å². The van der Waals surface area contributed by atoms with Crippen molar-refractivity contribution < 1.29 is 9.18 Å². The van der Waals surface area contributed by atoms with E-state index in [0.717, 1.165) is 16.7 Å². The lowest BCUT2D eigenvalue weighted by atomic mass is 9.92. The summed E-state index contributed by atoms with van der Waals surface area (Å²) in [4.78, 5) is 12.1. The Morgan fingerprint density at radius 2 is 1.86 bits per heavy atom. The number of anilines is 1. The lowest BCUT2D eigenvalue weighted by molar-refractivity contribution is -0.117. The van der Waals surface area contributed by atoms with Crippen LogP contribution in [0, 0.1) is 5.82 Å². The van der Waals surface area contributed by atoms with Crippen LogP contribution in [0.3, 0.4) is 0 Å². The fourth-order valence-corrected chi connectivity index (χ4v) is 2.93. The molecule has 114 valence electrons.